The zero-order chi connectivity index (χ0) is 10.1. The fraction of sp³-hybridized carbons (Fsp3) is 0.818. The molecule has 1 atom stereocenters. The van der Waals surface area contributed by atoms with Crippen LogP contribution in [0.1, 0.15) is 47.0 Å². The zero-order valence-corrected chi connectivity index (χ0v) is 9.25. The van der Waals surface area contributed by atoms with Crippen LogP contribution in [-0.4, -0.2) is 12.4 Å². The minimum absolute atomic E-state index is 0.0761. The molecule has 1 unspecified atom stereocenters. The van der Waals surface area contributed by atoms with Crippen molar-refractivity contribution in [3.8, 4) is 0 Å². The van der Waals surface area contributed by atoms with Crippen LogP contribution in [0.15, 0.2) is 12.3 Å². The lowest BCUT2D eigenvalue weighted by Gasteiger charge is -2.18. The van der Waals surface area contributed by atoms with Crippen molar-refractivity contribution < 1.29 is 9.47 Å². The summed E-state index contributed by atoms with van der Waals surface area (Å²) in [4.78, 5) is 0. The van der Waals surface area contributed by atoms with Gasteiger partial charge in [0.15, 0.2) is 6.29 Å². The van der Waals surface area contributed by atoms with Crippen LogP contribution in [0.2, 0.25) is 0 Å². The standard InChI is InChI=1S/C11H22O2/c1-5-7-9-12-11(8-6-2)13-10(3)4/h7,9-11H,5-6,8H2,1-4H3. The molecule has 0 aromatic carbocycles. The lowest BCUT2D eigenvalue weighted by molar-refractivity contribution is -0.134. The quantitative estimate of drug-likeness (QED) is 0.447. The molecule has 0 aliphatic rings. The minimum Gasteiger partial charge on any atom is -0.473 e. The summed E-state index contributed by atoms with van der Waals surface area (Å²) in [7, 11) is 0. The van der Waals surface area contributed by atoms with Crippen LogP contribution in [0.25, 0.3) is 0 Å². The SMILES string of the molecule is CCC=COC(CCC)OC(C)C. The Morgan fingerprint density at radius 1 is 1.23 bits per heavy atom. The van der Waals surface area contributed by atoms with Gasteiger partial charge in [-0.1, -0.05) is 20.3 Å². The Hall–Kier alpha value is -0.500. The first kappa shape index (κ1) is 12.5. The van der Waals surface area contributed by atoms with Crippen molar-refractivity contribution in [3.05, 3.63) is 12.3 Å². The predicted octanol–water partition coefficient (Wildman–Crippen LogP) is 3.48. The summed E-state index contributed by atoms with van der Waals surface area (Å²) >= 11 is 0. The van der Waals surface area contributed by atoms with Gasteiger partial charge in [-0.05, 0) is 26.3 Å². The van der Waals surface area contributed by atoms with Crippen LogP contribution in [0.5, 0.6) is 0 Å². The van der Waals surface area contributed by atoms with E-state index >= 15 is 0 Å². The molecule has 0 rings (SSSR count). The maximum absolute atomic E-state index is 5.56. The molecule has 0 radical (unpaired) electrons. The van der Waals surface area contributed by atoms with E-state index in [4.69, 9.17) is 9.47 Å². The molecule has 0 spiro atoms. The van der Waals surface area contributed by atoms with E-state index in [1.165, 1.54) is 0 Å². The highest BCUT2D eigenvalue weighted by atomic mass is 16.7. The topological polar surface area (TPSA) is 18.5 Å². The average molecular weight is 186 g/mol. The van der Waals surface area contributed by atoms with Gasteiger partial charge in [0.2, 0.25) is 0 Å². The van der Waals surface area contributed by atoms with Gasteiger partial charge in [0.25, 0.3) is 0 Å². The first-order chi connectivity index (χ1) is 6.20. The molecule has 13 heavy (non-hydrogen) atoms. The van der Waals surface area contributed by atoms with Gasteiger partial charge in [-0.25, -0.2) is 0 Å². The Bertz CT molecular complexity index is 130. The van der Waals surface area contributed by atoms with Gasteiger partial charge in [-0.2, -0.15) is 0 Å². The largest absolute Gasteiger partial charge is 0.473 e. The summed E-state index contributed by atoms with van der Waals surface area (Å²) in [6.07, 6.45) is 6.92. The van der Waals surface area contributed by atoms with Crippen molar-refractivity contribution in [2.75, 3.05) is 0 Å². The summed E-state index contributed by atoms with van der Waals surface area (Å²) in [5.41, 5.74) is 0. The fourth-order valence-corrected chi connectivity index (χ4v) is 0.947. The van der Waals surface area contributed by atoms with Crippen LogP contribution in [0.3, 0.4) is 0 Å². The van der Waals surface area contributed by atoms with Crippen molar-refractivity contribution in [2.45, 2.75) is 59.4 Å². The molecular formula is C11H22O2. The second kappa shape index (κ2) is 8.11. The Labute approximate surface area is 81.9 Å². The first-order valence-electron chi connectivity index (χ1n) is 5.16. The Morgan fingerprint density at radius 3 is 2.38 bits per heavy atom. The maximum atomic E-state index is 5.56. The van der Waals surface area contributed by atoms with Gasteiger partial charge in [-0.3, -0.25) is 0 Å². The average Bonchev–Trinajstić information content (AvgIpc) is 2.04. The third kappa shape index (κ3) is 7.85. The van der Waals surface area contributed by atoms with Gasteiger partial charge in [0.1, 0.15) is 0 Å². The summed E-state index contributed by atoms with van der Waals surface area (Å²) in [5.74, 6) is 0. The number of allylic oxidation sites excluding steroid dienone is 1. The van der Waals surface area contributed by atoms with Gasteiger partial charge in [0.05, 0.1) is 12.4 Å². The van der Waals surface area contributed by atoms with Crippen LogP contribution in [0.4, 0.5) is 0 Å². The van der Waals surface area contributed by atoms with E-state index in [0.29, 0.717) is 0 Å². The number of rotatable bonds is 7. The van der Waals surface area contributed by atoms with Gasteiger partial charge < -0.3 is 9.47 Å². The van der Waals surface area contributed by atoms with Crippen LogP contribution < -0.4 is 0 Å². The highest BCUT2D eigenvalue weighted by Gasteiger charge is 2.08. The maximum Gasteiger partial charge on any atom is 0.199 e. The molecule has 0 saturated carbocycles. The monoisotopic (exact) mass is 186 g/mol. The predicted molar refractivity (Wildman–Crippen MR) is 55.4 cm³/mol. The fourth-order valence-electron chi connectivity index (χ4n) is 0.947. The van der Waals surface area contributed by atoms with Gasteiger partial charge >= 0.3 is 0 Å². The molecule has 0 amide bonds. The van der Waals surface area contributed by atoms with Crippen molar-refractivity contribution in [1.29, 1.82) is 0 Å². The first-order valence-corrected chi connectivity index (χ1v) is 5.16. The van der Waals surface area contributed by atoms with Gasteiger partial charge in [-0.15, -0.1) is 0 Å². The van der Waals surface area contributed by atoms with Crippen LogP contribution in [0, 0.1) is 0 Å². The minimum atomic E-state index is -0.0761. The van der Waals surface area contributed by atoms with E-state index in [2.05, 4.69) is 13.8 Å². The van der Waals surface area contributed by atoms with E-state index < -0.39 is 0 Å². The summed E-state index contributed by atoms with van der Waals surface area (Å²) in [6.45, 7) is 8.26. The molecule has 0 saturated heterocycles. The Morgan fingerprint density at radius 2 is 1.92 bits per heavy atom. The van der Waals surface area contributed by atoms with Crippen molar-refractivity contribution >= 4 is 0 Å². The molecule has 2 nitrogen and oxygen atoms in total. The normalized spacial score (nSPS) is 13.9. The van der Waals surface area contributed by atoms with Crippen LogP contribution in [-0.2, 0) is 9.47 Å². The summed E-state index contributed by atoms with van der Waals surface area (Å²) in [5, 5.41) is 0. The second-order valence-electron chi connectivity index (χ2n) is 3.32. The third-order valence-corrected chi connectivity index (χ3v) is 1.51. The van der Waals surface area contributed by atoms with E-state index in [1.807, 2.05) is 19.9 Å². The van der Waals surface area contributed by atoms with E-state index in [1.54, 1.807) is 6.26 Å². The molecule has 0 aromatic heterocycles. The second-order valence-corrected chi connectivity index (χ2v) is 3.32. The van der Waals surface area contributed by atoms with Crippen molar-refractivity contribution in [3.63, 3.8) is 0 Å². The highest BCUT2D eigenvalue weighted by Crippen LogP contribution is 2.07. The zero-order valence-electron chi connectivity index (χ0n) is 9.25. The van der Waals surface area contributed by atoms with E-state index in [0.717, 1.165) is 19.3 Å². The summed E-state index contributed by atoms with van der Waals surface area (Å²) < 4.78 is 11.0. The van der Waals surface area contributed by atoms with E-state index in [-0.39, 0.29) is 12.4 Å². The molecule has 78 valence electrons. The van der Waals surface area contributed by atoms with Crippen molar-refractivity contribution in [1.82, 2.24) is 0 Å². The van der Waals surface area contributed by atoms with Crippen molar-refractivity contribution in [2.24, 2.45) is 0 Å². The molecule has 0 N–H and O–H groups in total. The summed E-state index contributed by atoms with van der Waals surface area (Å²) in [6, 6.07) is 0. The van der Waals surface area contributed by atoms with Crippen LogP contribution >= 0.6 is 0 Å². The highest BCUT2D eigenvalue weighted by molar-refractivity contribution is 4.71. The number of hydrogen-bond acceptors (Lipinski definition) is 2. The molecule has 2 heteroatoms. The smallest absolute Gasteiger partial charge is 0.199 e. The third-order valence-electron chi connectivity index (χ3n) is 1.51. The molecule has 0 fully saturated rings. The number of hydrogen-bond donors (Lipinski definition) is 0. The van der Waals surface area contributed by atoms with E-state index in [9.17, 15) is 0 Å². The molecule has 0 aliphatic heterocycles. The Balaban J connectivity index is 3.72. The molecular weight excluding hydrogens is 164 g/mol. The lowest BCUT2D eigenvalue weighted by Crippen LogP contribution is -2.19. The molecule has 0 aromatic rings. The molecule has 0 heterocycles. The Kier molecular flexibility index (Phi) is 7.80. The van der Waals surface area contributed by atoms with Gasteiger partial charge in [0, 0.05) is 6.42 Å². The lowest BCUT2D eigenvalue weighted by atomic mass is 10.3. The molecule has 0 aliphatic carbocycles. The molecule has 0 bridgehead atoms. The number of ether oxygens (including phenoxy) is 2.